The summed E-state index contributed by atoms with van der Waals surface area (Å²) < 4.78 is 5.04. The lowest BCUT2D eigenvalue weighted by atomic mass is 10.1. The van der Waals surface area contributed by atoms with Crippen molar-refractivity contribution >= 4 is 5.91 Å². The van der Waals surface area contributed by atoms with Crippen LogP contribution in [0.2, 0.25) is 0 Å². The Morgan fingerprint density at radius 1 is 1.47 bits per heavy atom. The van der Waals surface area contributed by atoms with Crippen molar-refractivity contribution in [2.45, 2.75) is 12.5 Å². The van der Waals surface area contributed by atoms with Crippen molar-refractivity contribution in [3.05, 3.63) is 29.8 Å². The first-order chi connectivity index (χ1) is 8.17. The van der Waals surface area contributed by atoms with Crippen LogP contribution in [-0.2, 0) is 11.2 Å². The van der Waals surface area contributed by atoms with Crippen LogP contribution in [0.25, 0.3) is 0 Å². The number of methoxy groups -OCH3 is 1. The van der Waals surface area contributed by atoms with Gasteiger partial charge in [0.1, 0.15) is 11.8 Å². The van der Waals surface area contributed by atoms with Gasteiger partial charge in [-0.2, -0.15) is 0 Å². The Morgan fingerprint density at radius 2 is 2.12 bits per heavy atom. The number of hydrogen-bond acceptors (Lipinski definition) is 4. The molecule has 0 fully saturated rings. The number of aliphatic hydroxyl groups excluding tert-OH is 1. The van der Waals surface area contributed by atoms with Gasteiger partial charge in [0.25, 0.3) is 0 Å². The second kappa shape index (κ2) is 6.88. The first kappa shape index (κ1) is 13.5. The third-order valence-electron chi connectivity index (χ3n) is 2.41. The van der Waals surface area contributed by atoms with Crippen molar-refractivity contribution in [3.63, 3.8) is 0 Å². The number of nitrogens with two attached hydrogens (primary N) is 1. The first-order valence-electron chi connectivity index (χ1n) is 5.44. The smallest absolute Gasteiger partial charge is 0.239 e. The second-order valence-corrected chi connectivity index (χ2v) is 3.68. The van der Waals surface area contributed by atoms with E-state index in [0.717, 1.165) is 11.3 Å². The molecule has 5 heteroatoms. The van der Waals surface area contributed by atoms with Crippen molar-refractivity contribution < 1.29 is 14.6 Å². The average molecular weight is 238 g/mol. The van der Waals surface area contributed by atoms with Gasteiger partial charge in [0.2, 0.25) is 5.91 Å². The molecular formula is C12H18N2O3. The third kappa shape index (κ3) is 4.42. The van der Waals surface area contributed by atoms with Crippen LogP contribution in [0.3, 0.4) is 0 Å². The topological polar surface area (TPSA) is 84.6 Å². The van der Waals surface area contributed by atoms with E-state index in [-0.39, 0.29) is 12.5 Å². The summed E-state index contributed by atoms with van der Waals surface area (Å²) in [7, 11) is 1.62. The third-order valence-corrected chi connectivity index (χ3v) is 2.41. The molecule has 1 rings (SSSR count). The van der Waals surface area contributed by atoms with Crippen LogP contribution >= 0.6 is 0 Å². The molecule has 0 saturated heterocycles. The zero-order valence-electron chi connectivity index (χ0n) is 9.85. The number of carbonyl (C=O) groups excluding carboxylic acids is 1. The highest BCUT2D eigenvalue weighted by molar-refractivity contribution is 5.81. The van der Waals surface area contributed by atoms with E-state index >= 15 is 0 Å². The summed E-state index contributed by atoms with van der Waals surface area (Å²) in [5, 5.41) is 11.3. The molecule has 0 saturated carbocycles. The van der Waals surface area contributed by atoms with Crippen LogP contribution in [0.15, 0.2) is 24.3 Å². The van der Waals surface area contributed by atoms with Gasteiger partial charge in [0, 0.05) is 6.54 Å². The fourth-order valence-electron chi connectivity index (χ4n) is 1.34. The Morgan fingerprint density at radius 3 is 2.65 bits per heavy atom. The quantitative estimate of drug-likeness (QED) is 0.634. The summed E-state index contributed by atoms with van der Waals surface area (Å²) in [5.74, 6) is 0.473. The van der Waals surface area contributed by atoms with E-state index in [2.05, 4.69) is 5.32 Å². The predicted octanol–water partition coefficient (Wildman–Crippen LogP) is -0.326. The molecule has 94 valence electrons. The fraction of sp³-hybridized carbons (Fsp3) is 0.417. The molecule has 1 aromatic carbocycles. The summed E-state index contributed by atoms with van der Waals surface area (Å²) in [6, 6.07) is 6.78. The summed E-state index contributed by atoms with van der Waals surface area (Å²) in [6.45, 7) is 0.160. The second-order valence-electron chi connectivity index (χ2n) is 3.68. The van der Waals surface area contributed by atoms with E-state index in [1.165, 1.54) is 0 Å². The van der Waals surface area contributed by atoms with E-state index in [1.807, 2.05) is 24.3 Å². The maximum atomic E-state index is 11.2. The van der Waals surface area contributed by atoms with Gasteiger partial charge in [-0.05, 0) is 24.1 Å². The molecule has 0 aliphatic carbocycles. The van der Waals surface area contributed by atoms with Crippen LogP contribution in [0.1, 0.15) is 5.56 Å². The van der Waals surface area contributed by atoms with E-state index < -0.39 is 6.04 Å². The molecule has 5 nitrogen and oxygen atoms in total. The van der Waals surface area contributed by atoms with Crippen molar-refractivity contribution in [1.29, 1.82) is 0 Å². The Hall–Kier alpha value is -1.59. The van der Waals surface area contributed by atoms with E-state index in [1.54, 1.807) is 7.11 Å². The zero-order valence-corrected chi connectivity index (χ0v) is 9.85. The number of hydrogen-bond donors (Lipinski definition) is 3. The molecule has 4 N–H and O–H groups in total. The Kier molecular flexibility index (Phi) is 5.45. The lowest BCUT2D eigenvalue weighted by Crippen LogP contribution is -2.43. The van der Waals surface area contributed by atoms with E-state index in [9.17, 15) is 4.79 Å². The van der Waals surface area contributed by atoms with Crippen molar-refractivity contribution in [3.8, 4) is 5.75 Å². The maximum Gasteiger partial charge on any atom is 0.239 e. The number of nitrogens with one attached hydrogen (secondary N) is 1. The molecule has 0 spiro atoms. The van der Waals surface area contributed by atoms with Crippen LogP contribution in [0.5, 0.6) is 5.75 Å². The number of rotatable bonds is 6. The Balaban J connectivity index is 2.33. The van der Waals surface area contributed by atoms with Gasteiger partial charge >= 0.3 is 0 Å². The molecule has 1 atom stereocenters. The minimum atomic E-state index is -0.842. The lowest BCUT2D eigenvalue weighted by molar-refractivity contribution is -0.123. The molecule has 1 amide bonds. The van der Waals surface area contributed by atoms with Crippen molar-refractivity contribution in [2.75, 3.05) is 20.3 Å². The molecule has 0 bridgehead atoms. The SMILES string of the molecule is COc1ccc(CCNC(=O)C(N)CO)cc1. The molecule has 1 aromatic rings. The summed E-state index contributed by atoms with van der Waals surface area (Å²) in [6.07, 6.45) is 0.716. The molecule has 0 heterocycles. The average Bonchev–Trinajstić information content (AvgIpc) is 2.38. The summed E-state index contributed by atoms with van der Waals surface area (Å²) >= 11 is 0. The molecule has 0 aliphatic rings. The number of carbonyl (C=O) groups is 1. The molecule has 0 radical (unpaired) electrons. The highest BCUT2D eigenvalue weighted by Gasteiger charge is 2.10. The normalized spacial score (nSPS) is 11.9. The molecule has 0 aromatic heterocycles. The van der Waals surface area contributed by atoms with Crippen LogP contribution in [0.4, 0.5) is 0 Å². The van der Waals surface area contributed by atoms with Gasteiger partial charge in [-0.1, -0.05) is 12.1 Å². The number of aliphatic hydroxyl groups is 1. The van der Waals surface area contributed by atoms with Crippen molar-refractivity contribution in [1.82, 2.24) is 5.32 Å². The standard InChI is InChI=1S/C12H18N2O3/c1-17-10-4-2-9(3-5-10)6-7-14-12(16)11(13)8-15/h2-5,11,15H,6-8,13H2,1H3,(H,14,16). The number of ether oxygens (including phenoxy) is 1. The summed E-state index contributed by atoms with van der Waals surface area (Å²) in [5.41, 5.74) is 6.46. The van der Waals surface area contributed by atoms with E-state index in [4.69, 9.17) is 15.6 Å². The minimum absolute atomic E-state index is 0.332. The predicted molar refractivity (Wildman–Crippen MR) is 64.8 cm³/mol. The monoisotopic (exact) mass is 238 g/mol. The van der Waals surface area contributed by atoms with Crippen LogP contribution in [-0.4, -0.2) is 37.3 Å². The number of benzene rings is 1. The molecule has 1 unspecified atom stereocenters. The van der Waals surface area contributed by atoms with Gasteiger partial charge in [-0.3, -0.25) is 4.79 Å². The maximum absolute atomic E-state index is 11.2. The molecular weight excluding hydrogens is 220 g/mol. The fourth-order valence-corrected chi connectivity index (χ4v) is 1.34. The van der Waals surface area contributed by atoms with Crippen LogP contribution < -0.4 is 15.8 Å². The molecule has 0 aliphatic heterocycles. The van der Waals surface area contributed by atoms with Gasteiger partial charge in [-0.15, -0.1) is 0 Å². The molecule has 17 heavy (non-hydrogen) atoms. The zero-order chi connectivity index (χ0) is 12.7. The highest BCUT2D eigenvalue weighted by atomic mass is 16.5. The van der Waals surface area contributed by atoms with Crippen molar-refractivity contribution in [2.24, 2.45) is 5.73 Å². The first-order valence-corrected chi connectivity index (χ1v) is 5.44. The minimum Gasteiger partial charge on any atom is -0.497 e. The van der Waals surface area contributed by atoms with Gasteiger partial charge in [-0.25, -0.2) is 0 Å². The highest BCUT2D eigenvalue weighted by Crippen LogP contribution is 2.11. The number of amides is 1. The van der Waals surface area contributed by atoms with Crippen LogP contribution in [0, 0.1) is 0 Å². The van der Waals surface area contributed by atoms with Gasteiger partial charge < -0.3 is 20.9 Å². The van der Waals surface area contributed by atoms with E-state index in [0.29, 0.717) is 13.0 Å². The van der Waals surface area contributed by atoms with Gasteiger partial charge in [0.15, 0.2) is 0 Å². The largest absolute Gasteiger partial charge is 0.497 e. The van der Waals surface area contributed by atoms with Gasteiger partial charge in [0.05, 0.1) is 13.7 Å². The Labute approximate surface area is 101 Å². The summed E-state index contributed by atoms with van der Waals surface area (Å²) in [4.78, 5) is 11.2. The lowest BCUT2D eigenvalue weighted by Gasteiger charge is -2.09. The Bertz CT molecular complexity index is 351.